The number of alkyl halides is 3. The molecular formula is C3H3F3. The van der Waals surface area contributed by atoms with Crippen molar-refractivity contribution in [1.29, 1.82) is 0 Å². The van der Waals surface area contributed by atoms with Crippen LogP contribution >= 0.6 is 0 Å². The lowest BCUT2D eigenvalue weighted by Crippen LogP contribution is -2.02. The quantitative estimate of drug-likeness (QED) is 0.430. The Balaban J connectivity index is 3.17. The van der Waals surface area contributed by atoms with Crippen molar-refractivity contribution in [2.45, 2.75) is 12.6 Å². The number of rotatable bonds is 0. The maximum atomic E-state index is 10.7. The first kappa shape index (κ1) is 5.79. The lowest BCUT2D eigenvalue weighted by molar-refractivity contribution is -0.125. The molecule has 2 radical (unpaired) electrons. The van der Waals surface area contributed by atoms with Gasteiger partial charge in [-0.3, -0.25) is 0 Å². The number of halogens is 3. The van der Waals surface area contributed by atoms with Gasteiger partial charge in [0.2, 0.25) is 0 Å². The summed E-state index contributed by atoms with van der Waals surface area (Å²) in [5.41, 5.74) is 0. The second kappa shape index (κ2) is 1.49. The van der Waals surface area contributed by atoms with Gasteiger partial charge in [0.25, 0.3) is 0 Å². The Morgan fingerprint density at radius 3 is 1.50 bits per heavy atom. The van der Waals surface area contributed by atoms with Gasteiger partial charge >= 0.3 is 6.18 Å². The lowest BCUT2D eigenvalue weighted by Gasteiger charge is -1.96. The molecular weight excluding hydrogens is 93.0 g/mol. The Kier molecular flexibility index (Phi) is 1.44. The summed E-state index contributed by atoms with van der Waals surface area (Å²) in [5, 5.41) is 0. The molecule has 0 aromatic carbocycles. The van der Waals surface area contributed by atoms with Gasteiger partial charge in [-0.15, -0.1) is 0 Å². The fraction of sp³-hybridized carbons (Fsp3) is 0.667. The summed E-state index contributed by atoms with van der Waals surface area (Å²) in [6.07, 6.45) is -5.41. The summed E-state index contributed by atoms with van der Waals surface area (Å²) in [4.78, 5) is 0. The Morgan fingerprint density at radius 2 is 1.50 bits per heavy atom. The summed E-state index contributed by atoms with van der Waals surface area (Å²) in [6, 6.07) is 0. The van der Waals surface area contributed by atoms with Gasteiger partial charge in [-0.05, 0) is 6.92 Å². The number of hydrogen-bond acceptors (Lipinski definition) is 0. The van der Waals surface area contributed by atoms with Crippen molar-refractivity contribution in [2.24, 2.45) is 0 Å². The van der Waals surface area contributed by atoms with E-state index in [-0.39, 0.29) is 0 Å². The SMILES string of the molecule is [CH]CC(F)(F)F. The summed E-state index contributed by atoms with van der Waals surface area (Å²) in [5.74, 6) is 0. The predicted octanol–water partition coefficient (Wildman–Crippen LogP) is 1.65. The average molecular weight is 96.1 g/mol. The van der Waals surface area contributed by atoms with Crippen LogP contribution in [0.1, 0.15) is 6.42 Å². The molecule has 0 nitrogen and oxygen atoms in total. The molecule has 3 heteroatoms. The molecule has 0 rings (SSSR count). The van der Waals surface area contributed by atoms with Gasteiger partial charge in [-0.1, -0.05) is 0 Å². The topological polar surface area (TPSA) is 0 Å². The molecule has 0 N–H and O–H groups in total. The molecule has 0 saturated heterocycles. The largest absolute Gasteiger partial charge is 0.389 e. The third-order valence-electron chi connectivity index (χ3n) is 0.231. The maximum absolute atomic E-state index is 10.7. The van der Waals surface area contributed by atoms with Gasteiger partial charge in [0.05, 0.1) is 0 Å². The monoisotopic (exact) mass is 96.0 g/mol. The molecule has 0 aliphatic heterocycles. The van der Waals surface area contributed by atoms with Crippen molar-refractivity contribution < 1.29 is 13.2 Å². The Labute approximate surface area is 34.0 Å². The maximum Gasteiger partial charge on any atom is 0.389 e. The van der Waals surface area contributed by atoms with Crippen LogP contribution < -0.4 is 0 Å². The minimum Gasteiger partial charge on any atom is -0.171 e. The molecule has 6 heavy (non-hydrogen) atoms. The van der Waals surface area contributed by atoms with E-state index < -0.39 is 12.6 Å². The van der Waals surface area contributed by atoms with E-state index in [1.807, 2.05) is 0 Å². The van der Waals surface area contributed by atoms with E-state index in [2.05, 4.69) is 6.92 Å². The van der Waals surface area contributed by atoms with Crippen molar-refractivity contribution in [3.63, 3.8) is 0 Å². The first-order valence-corrected chi connectivity index (χ1v) is 1.33. The van der Waals surface area contributed by atoms with Crippen LogP contribution in [0.5, 0.6) is 0 Å². The van der Waals surface area contributed by atoms with Crippen molar-refractivity contribution in [3.8, 4) is 0 Å². The summed E-state index contributed by atoms with van der Waals surface area (Å²) >= 11 is 0. The van der Waals surface area contributed by atoms with Gasteiger partial charge in [0, 0.05) is 6.42 Å². The van der Waals surface area contributed by atoms with Crippen LogP contribution in [0.15, 0.2) is 0 Å². The van der Waals surface area contributed by atoms with Gasteiger partial charge in [-0.25, -0.2) is 0 Å². The normalized spacial score (nSPS) is 12.0. The Bertz CT molecular complexity index is 35.8. The predicted molar refractivity (Wildman–Crippen MR) is 15.0 cm³/mol. The second-order valence-corrected chi connectivity index (χ2v) is 0.819. The third-order valence-corrected chi connectivity index (χ3v) is 0.231. The lowest BCUT2D eigenvalue weighted by atomic mass is 10.5. The molecule has 0 heterocycles. The van der Waals surface area contributed by atoms with E-state index in [9.17, 15) is 13.2 Å². The van der Waals surface area contributed by atoms with E-state index in [4.69, 9.17) is 0 Å². The zero-order valence-electron chi connectivity index (χ0n) is 2.92. The van der Waals surface area contributed by atoms with E-state index >= 15 is 0 Å². The molecule has 0 fully saturated rings. The molecule has 0 atom stereocenters. The standard InChI is InChI=1S/C3H3F3/c1-2-3(4,5)6/h1H,2H2. The van der Waals surface area contributed by atoms with Crippen LogP contribution in [-0.4, -0.2) is 6.18 Å². The summed E-state index contributed by atoms with van der Waals surface area (Å²) < 4.78 is 32.0. The van der Waals surface area contributed by atoms with E-state index in [0.717, 1.165) is 0 Å². The van der Waals surface area contributed by atoms with Gasteiger partial charge in [0.15, 0.2) is 0 Å². The minimum absolute atomic E-state index is 1.23. The zero-order chi connectivity index (χ0) is 5.21. The first-order chi connectivity index (χ1) is 2.56. The highest BCUT2D eigenvalue weighted by atomic mass is 19.4. The molecule has 0 aromatic rings. The molecule has 0 bridgehead atoms. The second-order valence-electron chi connectivity index (χ2n) is 0.819. The van der Waals surface area contributed by atoms with Crippen LogP contribution in [0.4, 0.5) is 13.2 Å². The highest BCUT2D eigenvalue weighted by Gasteiger charge is 2.22. The molecule has 0 aromatic heterocycles. The fourth-order valence-electron chi connectivity index (χ4n) is 0. The Morgan fingerprint density at radius 1 is 1.33 bits per heavy atom. The van der Waals surface area contributed by atoms with Crippen LogP contribution in [-0.2, 0) is 0 Å². The fourth-order valence-corrected chi connectivity index (χ4v) is 0. The van der Waals surface area contributed by atoms with E-state index in [1.54, 1.807) is 0 Å². The molecule has 0 aliphatic carbocycles. The molecule has 0 aliphatic rings. The van der Waals surface area contributed by atoms with Gasteiger partial charge < -0.3 is 0 Å². The smallest absolute Gasteiger partial charge is 0.171 e. The van der Waals surface area contributed by atoms with Crippen LogP contribution in [0.2, 0.25) is 0 Å². The first-order valence-electron chi connectivity index (χ1n) is 1.33. The third kappa shape index (κ3) is 3.79. The molecule has 0 unspecified atom stereocenters. The molecule has 0 spiro atoms. The highest BCUT2D eigenvalue weighted by Crippen LogP contribution is 2.17. The van der Waals surface area contributed by atoms with Crippen LogP contribution in [0.25, 0.3) is 0 Å². The highest BCUT2D eigenvalue weighted by molar-refractivity contribution is 4.48. The van der Waals surface area contributed by atoms with Crippen molar-refractivity contribution in [3.05, 3.63) is 6.92 Å². The Hall–Kier alpha value is -0.210. The van der Waals surface area contributed by atoms with Crippen molar-refractivity contribution >= 4 is 0 Å². The van der Waals surface area contributed by atoms with Gasteiger partial charge in [-0.2, -0.15) is 13.2 Å². The average Bonchev–Trinajstić information content (AvgIpc) is 1.35. The van der Waals surface area contributed by atoms with Crippen LogP contribution in [0.3, 0.4) is 0 Å². The minimum atomic E-state index is -4.18. The summed E-state index contributed by atoms with van der Waals surface area (Å²) in [7, 11) is 0. The number of hydrogen-bond donors (Lipinski definition) is 0. The summed E-state index contributed by atoms with van der Waals surface area (Å²) in [6.45, 7) is 4.18. The van der Waals surface area contributed by atoms with Crippen molar-refractivity contribution in [1.82, 2.24) is 0 Å². The van der Waals surface area contributed by atoms with Crippen molar-refractivity contribution in [2.75, 3.05) is 0 Å². The molecule has 36 valence electrons. The molecule has 0 amide bonds. The van der Waals surface area contributed by atoms with E-state index in [0.29, 0.717) is 0 Å². The zero-order valence-corrected chi connectivity index (χ0v) is 2.92. The van der Waals surface area contributed by atoms with Crippen LogP contribution in [0, 0.1) is 6.92 Å². The molecule has 0 saturated carbocycles. The van der Waals surface area contributed by atoms with E-state index in [1.165, 1.54) is 0 Å². The van der Waals surface area contributed by atoms with Gasteiger partial charge in [0.1, 0.15) is 0 Å².